The first kappa shape index (κ1) is 68.1. The Morgan fingerprint density at radius 2 is 1.39 bits per heavy atom. The Labute approximate surface area is 487 Å². The number of benzene rings is 2. The van der Waals surface area contributed by atoms with E-state index in [0.29, 0.717) is 44.2 Å². The van der Waals surface area contributed by atoms with Gasteiger partial charge in [0.15, 0.2) is 0 Å². The molecule has 1 fully saturated rings. The van der Waals surface area contributed by atoms with Gasteiger partial charge in [0, 0.05) is 42.4 Å². The Kier molecular flexibility index (Phi) is 28.1. The molecular weight excluding hydrogens is 1060 g/mol. The van der Waals surface area contributed by atoms with Crippen LogP contribution in [0.15, 0.2) is 60.8 Å². The van der Waals surface area contributed by atoms with Gasteiger partial charge in [0.25, 0.3) is 0 Å². The highest BCUT2D eigenvalue weighted by molar-refractivity contribution is 5.99. The maximum Gasteiger partial charge on any atom is 0.245 e. The summed E-state index contributed by atoms with van der Waals surface area (Å²) in [6.45, 7) is 14.3. The third-order valence-electron chi connectivity index (χ3n) is 15.3. The number of unbranched alkanes of at least 4 members (excludes halogenated alkanes) is 1. The molecule has 0 spiro atoms. The van der Waals surface area contributed by atoms with E-state index >= 15 is 0 Å². The minimum Gasteiger partial charge on any atom is -0.391 e. The van der Waals surface area contributed by atoms with Gasteiger partial charge in [-0.05, 0) is 106 Å². The van der Waals surface area contributed by atoms with Crippen LogP contribution in [0.4, 0.5) is 0 Å². The topological polar surface area (TPSA) is 367 Å². The molecular formula is C60H92N12O11. The van der Waals surface area contributed by atoms with Crippen LogP contribution in [0.2, 0.25) is 0 Å². The van der Waals surface area contributed by atoms with E-state index in [1.165, 1.54) is 6.92 Å². The molecule has 458 valence electrons. The molecule has 4 rings (SSSR count). The SMILES string of the molecule is CC[C@H](C)C(NC(=O)[C@@H](C)Cc1ccccc1)C(=O)N[C@H]1CCC(=O)NCCCC[C@@H](C(=O)N[C@H](C(=O)N[C@@H](CCCCN)C(N)=O)[C@@H](C)O)NC(=O)[C@H]([C@@H](C)CC)NC(=O)[C@H](CC(C)C)NC(=O)[C@H](Cc2c[nH]c3ccccc23)NC1=O. The number of aliphatic hydroxyl groups excluding tert-OH is 1. The molecule has 0 radical (unpaired) electrons. The molecule has 12 atom stereocenters. The molecule has 0 saturated carbocycles. The van der Waals surface area contributed by atoms with Crippen LogP contribution in [-0.4, -0.2) is 137 Å². The highest BCUT2D eigenvalue weighted by atomic mass is 16.3. The summed E-state index contributed by atoms with van der Waals surface area (Å²) in [6.07, 6.45) is 2.54. The summed E-state index contributed by atoms with van der Waals surface area (Å²) in [5.74, 6) is -8.89. The van der Waals surface area contributed by atoms with Gasteiger partial charge in [0.1, 0.15) is 48.3 Å². The van der Waals surface area contributed by atoms with Gasteiger partial charge in [-0.1, -0.05) is 110 Å². The van der Waals surface area contributed by atoms with Crippen molar-refractivity contribution in [3.8, 4) is 0 Å². The van der Waals surface area contributed by atoms with Crippen molar-refractivity contribution in [3.05, 3.63) is 71.9 Å². The molecule has 83 heavy (non-hydrogen) atoms. The molecule has 15 N–H and O–H groups in total. The fourth-order valence-electron chi connectivity index (χ4n) is 9.82. The van der Waals surface area contributed by atoms with Crippen LogP contribution in [0.25, 0.3) is 10.9 Å². The monoisotopic (exact) mass is 1160 g/mol. The molecule has 1 saturated heterocycles. The smallest absolute Gasteiger partial charge is 0.245 e. The van der Waals surface area contributed by atoms with Crippen molar-refractivity contribution in [1.82, 2.24) is 52.8 Å². The summed E-state index contributed by atoms with van der Waals surface area (Å²) in [5.41, 5.74) is 13.5. The van der Waals surface area contributed by atoms with Gasteiger partial charge in [-0.15, -0.1) is 0 Å². The van der Waals surface area contributed by atoms with Gasteiger partial charge in [-0.3, -0.25) is 47.9 Å². The van der Waals surface area contributed by atoms with Gasteiger partial charge in [-0.2, -0.15) is 0 Å². The van der Waals surface area contributed by atoms with Crippen LogP contribution in [0.5, 0.6) is 0 Å². The van der Waals surface area contributed by atoms with Crippen molar-refractivity contribution in [2.75, 3.05) is 13.1 Å². The zero-order valence-electron chi connectivity index (χ0n) is 49.6. The fraction of sp³-hybridized carbons (Fsp3) is 0.600. The van der Waals surface area contributed by atoms with Crippen molar-refractivity contribution >= 4 is 70.0 Å². The summed E-state index contributed by atoms with van der Waals surface area (Å²) in [6, 6.07) is 6.26. The van der Waals surface area contributed by atoms with Crippen LogP contribution in [0.1, 0.15) is 137 Å². The summed E-state index contributed by atoms with van der Waals surface area (Å²) in [7, 11) is 0. The number of nitrogens with two attached hydrogens (primary N) is 2. The number of amides is 10. The predicted octanol–water partition coefficient (Wildman–Crippen LogP) is 1.68. The van der Waals surface area contributed by atoms with Crippen molar-refractivity contribution in [2.45, 2.75) is 193 Å². The molecule has 1 aromatic heterocycles. The van der Waals surface area contributed by atoms with Crippen molar-refractivity contribution < 1.29 is 53.1 Å². The quantitative estimate of drug-likeness (QED) is 0.0570. The molecule has 2 heterocycles. The number of rotatable bonds is 24. The zero-order chi connectivity index (χ0) is 61.3. The predicted molar refractivity (Wildman–Crippen MR) is 315 cm³/mol. The largest absolute Gasteiger partial charge is 0.391 e. The van der Waals surface area contributed by atoms with E-state index in [-0.39, 0.29) is 69.7 Å². The second-order valence-electron chi connectivity index (χ2n) is 22.6. The number of carbonyl (C=O) groups is 10. The third-order valence-corrected chi connectivity index (χ3v) is 15.3. The van der Waals surface area contributed by atoms with Crippen LogP contribution < -0.4 is 59.3 Å². The molecule has 1 aliphatic rings. The van der Waals surface area contributed by atoms with Crippen molar-refractivity contribution in [2.24, 2.45) is 35.1 Å². The number of nitrogens with one attached hydrogen (secondary N) is 10. The lowest BCUT2D eigenvalue weighted by molar-refractivity contribution is -0.137. The Morgan fingerprint density at radius 1 is 0.711 bits per heavy atom. The number of fused-ring (bicyclic) bond motifs is 1. The second kappa shape index (κ2) is 34.3. The normalized spacial score (nSPS) is 21.6. The molecule has 0 aliphatic carbocycles. The molecule has 2 aromatic carbocycles. The molecule has 23 heteroatoms. The number of primary amides is 1. The van der Waals surface area contributed by atoms with Gasteiger partial charge < -0.3 is 69.4 Å². The zero-order valence-corrected chi connectivity index (χ0v) is 49.6. The molecule has 1 unspecified atom stereocenters. The number of aromatic nitrogens is 1. The maximum atomic E-state index is 14.9. The first-order valence-electron chi connectivity index (χ1n) is 29.4. The first-order chi connectivity index (χ1) is 39.5. The summed E-state index contributed by atoms with van der Waals surface area (Å²) in [5, 5.41) is 36.4. The Morgan fingerprint density at radius 3 is 2.04 bits per heavy atom. The van der Waals surface area contributed by atoms with Crippen LogP contribution in [0.3, 0.4) is 0 Å². The summed E-state index contributed by atoms with van der Waals surface area (Å²) >= 11 is 0. The lowest BCUT2D eigenvalue weighted by Crippen LogP contribution is -2.62. The van der Waals surface area contributed by atoms with E-state index in [9.17, 15) is 53.1 Å². The maximum absolute atomic E-state index is 14.9. The standard InChI is InChI=1S/C60H92N12O11/c1-9-35(5)49(70-53(76)37(7)31-39-20-12-11-13-21-39)58(81)67-45-26-27-48(74)63-29-19-17-25-44(55(78)72-51(38(8)73)60(83)65-43(52(62)75)24-16-18-28-61)66-59(82)50(36(6)10-2)71-57(80)46(30-34(3)4)68-56(79)47(69-54(45)77)32-40-33-64-42-23-15-14-22-41(40)42/h11-15,20-23,33-38,43-47,49-51,64,73H,9-10,16-19,24-32,61H2,1-8H3,(H2,62,75)(H,63,74)(H,65,83)(H,66,82)(H,67,81)(H,68,79)(H,69,77)(H,70,76)(H,71,80)(H,72,78)/t35-,36-,37-,38+,43-,44-,45-,46-,47-,49?,50-,51-/m0/s1. The molecule has 0 bridgehead atoms. The van der Waals surface area contributed by atoms with Crippen LogP contribution in [0, 0.1) is 23.7 Å². The lowest BCUT2D eigenvalue weighted by atomic mass is 9.95. The molecule has 3 aromatic rings. The number of H-pyrrole nitrogens is 1. The van der Waals surface area contributed by atoms with Crippen molar-refractivity contribution in [1.29, 1.82) is 0 Å². The van der Waals surface area contributed by atoms with Crippen molar-refractivity contribution in [3.63, 3.8) is 0 Å². The van der Waals surface area contributed by atoms with E-state index < -0.39 is 125 Å². The highest BCUT2D eigenvalue weighted by Gasteiger charge is 2.38. The number of carbonyl (C=O) groups excluding carboxylic acids is 10. The minimum atomic E-state index is -1.60. The van der Waals surface area contributed by atoms with E-state index in [0.717, 1.165) is 16.5 Å². The van der Waals surface area contributed by atoms with E-state index in [4.69, 9.17) is 11.5 Å². The first-order valence-corrected chi connectivity index (χ1v) is 29.4. The van der Waals surface area contributed by atoms with Gasteiger partial charge in [-0.25, -0.2) is 0 Å². The van der Waals surface area contributed by atoms with E-state index in [2.05, 4.69) is 52.8 Å². The average Bonchev–Trinajstić information content (AvgIpc) is 4.13. The Bertz CT molecular complexity index is 2650. The van der Waals surface area contributed by atoms with Crippen LogP contribution in [-0.2, 0) is 60.8 Å². The lowest BCUT2D eigenvalue weighted by Gasteiger charge is -2.30. The van der Waals surface area contributed by atoms with Gasteiger partial charge in [0.05, 0.1) is 6.10 Å². The number of para-hydroxylation sites is 1. The minimum absolute atomic E-state index is 0.0528. The van der Waals surface area contributed by atoms with Gasteiger partial charge >= 0.3 is 0 Å². The number of hydrogen-bond donors (Lipinski definition) is 13. The van der Waals surface area contributed by atoms with E-state index in [1.807, 2.05) is 75.4 Å². The highest BCUT2D eigenvalue weighted by Crippen LogP contribution is 2.21. The second-order valence-corrected chi connectivity index (χ2v) is 22.6. The Hall–Kier alpha value is -7.40. The van der Waals surface area contributed by atoms with Gasteiger partial charge in [0.2, 0.25) is 59.1 Å². The van der Waals surface area contributed by atoms with E-state index in [1.54, 1.807) is 33.9 Å². The molecule has 10 amide bonds. The molecule has 1 aliphatic heterocycles. The summed E-state index contributed by atoms with van der Waals surface area (Å²) in [4.78, 5) is 144. The number of aliphatic hydroxyl groups is 1. The number of hydrogen-bond acceptors (Lipinski definition) is 12. The van der Waals surface area contributed by atoms with Crippen LogP contribution >= 0.6 is 0 Å². The number of aromatic amines is 1. The average molecular weight is 1160 g/mol. The fourth-order valence-corrected chi connectivity index (χ4v) is 9.82. The Balaban J connectivity index is 1.74. The third kappa shape index (κ3) is 21.7. The molecule has 23 nitrogen and oxygen atoms in total. The summed E-state index contributed by atoms with van der Waals surface area (Å²) < 4.78 is 0.